The van der Waals surface area contributed by atoms with Crippen LogP contribution in [-0.4, -0.2) is 21.3 Å². The normalized spacial score (nSPS) is 13.9. The summed E-state index contributed by atoms with van der Waals surface area (Å²) in [5.41, 5.74) is 2.43. The number of aliphatic carboxylic acids is 1. The molecule has 100 valence electrons. The molecule has 0 fully saturated rings. The van der Waals surface area contributed by atoms with Crippen LogP contribution < -0.4 is 0 Å². The second kappa shape index (κ2) is 4.51. The Balaban J connectivity index is 1.99. The number of aliphatic hydroxyl groups is 1. The Morgan fingerprint density at radius 2 is 1.80 bits per heavy atom. The van der Waals surface area contributed by atoms with Crippen molar-refractivity contribution >= 4 is 17.6 Å². The number of rotatable bonds is 3. The molecule has 0 aliphatic heterocycles. The van der Waals surface area contributed by atoms with E-state index in [4.69, 9.17) is 5.11 Å². The summed E-state index contributed by atoms with van der Waals surface area (Å²) in [6, 6.07) is 12.0. The first-order valence-electron chi connectivity index (χ1n) is 6.13. The third-order valence-corrected chi connectivity index (χ3v) is 3.43. The summed E-state index contributed by atoms with van der Waals surface area (Å²) in [4.78, 5) is 10.9. The number of fused-ring (bicyclic) bond motifs is 1. The maximum atomic E-state index is 10.9. The van der Waals surface area contributed by atoms with Crippen molar-refractivity contribution in [1.29, 1.82) is 0 Å². The Hall–Kier alpha value is -2.59. The first-order valence-corrected chi connectivity index (χ1v) is 6.13. The van der Waals surface area contributed by atoms with Crippen LogP contribution in [0.5, 0.6) is 5.75 Å². The summed E-state index contributed by atoms with van der Waals surface area (Å²) < 4.78 is 0. The second-order valence-electron chi connectivity index (χ2n) is 4.67. The van der Waals surface area contributed by atoms with E-state index in [1.54, 1.807) is 30.3 Å². The molecule has 1 unspecified atom stereocenters. The molecule has 4 nitrogen and oxygen atoms in total. The highest BCUT2D eigenvalue weighted by Gasteiger charge is 2.26. The van der Waals surface area contributed by atoms with Crippen molar-refractivity contribution < 1.29 is 20.1 Å². The number of phenolic OH excluding ortho intramolecular Hbond substituents is 1. The summed E-state index contributed by atoms with van der Waals surface area (Å²) in [7, 11) is 0. The lowest BCUT2D eigenvalue weighted by atomic mass is 9.85. The maximum Gasteiger partial charge on any atom is 0.336 e. The van der Waals surface area contributed by atoms with Gasteiger partial charge in [0.1, 0.15) is 11.9 Å². The lowest BCUT2D eigenvalue weighted by Gasteiger charge is -2.21. The average molecular weight is 268 g/mol. The van der Waals surface area contributed by atoms with Gasteiger partial charge < -0.3 is 15.3 Å². The predicted octanol–water partition coefficient (Wildman–Crippen LogP) is 2.41. The van der Waals surface area contributed by atoms with Crippen molar-refractivity contribution in [3.63, 3.8) is 0 Å². The largest absolute Gasteiger partial charge is 0.508 e. The number of hydrogen-bond acceptors (Lipinski definition) is 3. The monoisotopic (exact) mass is 268 g/mol. The Morgan fingerprint density at radius 1 is 1.10 bits per heavy atom. The molecule has 2 aromatic rings. The van der Waals surface area contributed by atoms with Crippen LogP contribution in [0.3, 0.4) is 0 Å². The molecule has 1 atom stereocenters. The zero-order chi connectivity index (χ0) is 14.3. The zero-order valence-electron chi connectivity index (χ0n) is 10.4. The summed E-state index contributed by atoms with van der Waals surface area (Å²) >= 11 is 0. The summed E-state index contributed by atoms with van der Waals surface area (Å²) in [5, 5.41) is 29.2. The highest BCUT2D eigenvalue weighted by Crippen LogP contribution is 2.40. The van der Waals surface area contributed by atoms with E-state index in [-0.39, 0.29) is 11.3 Å². The molecular formula is C16H12O4. The standard InChI is InChI=1S/C16H12O4/c17-14-8-11-10(6-12(11)16(19)20)7-13(14)15(18)9-4-2-1-3-5-9/h1-8,15,17-18H,(H,19,20). The summed E-state index contributed by atoms with van der Waals surface area (Å²) in [6.07, 6.45) is 0.585. The highest BCUT2D eigenvalue weighted by molar-refractivity contribution is 6.26. The molecule has 0 heterocycles. The van der Waals surface area contributed by atoms with E-state index < -0.39 is 12.1 Å². The van der Waals surface area contributed by atoms with Crippen LogP contribution in [0, 0.1) is 0 Å². The van der Waals surface area contributed by atoms with Crippen molar-refractivity contribution in [2.75, 3.05) is 0 Å². The first-order chi connectivity index (χ1) is 9.58. The molecule has 0 saturated heterocycles. The number of aromatic hydroxyl groups is 1. The van der Waals surface area contributed by atoms with Gasteiger partial charge in [0.25, 0.3) is 0 Å². The Bertz CT molecular complexity index is 717. The van der Waals surface area contributed by atoms with Gasteiger partial charge in [0.05, 0.1) is 5.57 Å². The molecule has 3 N–H and O–H groups in total. The third kappa shape index (κ3) is 1.87. The van der Waals surface area contributed by atoms with Crippen LogP contribution in [0.4, 0.5) is 0 Å². The molecule has 0 amide bonds. The number of benzene rings is 2. The molecule has 0 aromatic heterocycles. The molecular weight excluding hydrogens is 256 g/mol. The smallest absolute Gasteiger partial charge is 0.336 e. The minimum atomic E-state index is -1.02. The fourth-order valence-corrected chi connectivity index (χ4v) is 2.34. The van der Waals surface area contributed by atoms with Crippen LogP contribution in [-0.2, 0) is 4.79 Å². The molecule has 1 aliphatic carbocycles. The average Bonchev–Trinajstić information content (AvgIpc) is 2.42. The highest BCUT2D eigenvalue weighted by atomic mass is 16.4. The van der Waals surface area contributed by atoms with E-state index in [1.807, 2.05) is 6.07 Å². The SMILES string of the molecule is O=C(O)C1=Cc2cc(C(O)c3ccccc3)c(O)cc21. The van der Waals surface area contributed by atoms with Gasteiger partial charge in [-0.15, -0.1) is 0 Å². The summed E-state index contributed by atoms with van der Waals surface area (Å²) in [6.45, 7) is 0. The maximum absolute atomic E-state index is 10.9. The lowest BCUT2D eigenvalue weighted by Crippen LogP contribution is -2.10. The molecule has 2 aromatic carbocycles. The zero-order valence-corrected chi connectivity index (χ0v) is 10.4. The predicted molar refractivity (Wildman–Crippen MR) is 74.1 cm³/mol. The molecule has 1 aliphatic rings. The van der Waals surface area contributed by atoms with Crippen molar-refractivity contribution in [3.05, 3.63) is 64.7 Å². The Labute approximate surface area is 115 Å². The minimum absolute atomic E-state index is 0.105. The van der Waals surface area contributed by atoms with Crippen LogP contribution in [0.25, 0.3) is 11.6 Å². The van der Waals surface area contributed by atoms with E-state index in [2.05, 4.69) is 0 Å². The van der Waals surface area contributed by atoms with Crippen LogP contribution in [0.15, 0.2) is 42.5 Å². The van der Waals surface area contributed by atoms with Gasteiger partial charge in [-0.2, -0.15) is 0 Å². The van der Waals surface area contributed by atoms with Gasteiger partial charge in [0.15, 0.2) is 0 Å². The minimum Gasteiger partial charge on any atom is -0.508 e. The van der Waals surface area contributed by atoms with Crippen LogP contribution >= 0.6 is 0 Å². The Kier molecular flexibility index (Phi) is 2.80. The number of carboxylic acid groups (broad SMARTS) is 1. The molecule has 0 bridgehead atoms. The van der Waals surface area contributed by atoms with Crippen molar-refractivity contribution in [2.24, 2.45) is 0 Å². The summed E-state index contributed by atoms with van der Waals surface area (Å²) in [5.74, 6) is -1.12. The molecule has 0 radical (unpaired) electrons. The van der Waals surface area contributed by atoms with Gasteiger partial charge in [0.2, 0.25) is 0 Å². The first kappa shape index (κ1) is 12.4. The van der Waals surface area contributed by atoms with Gasteiger partial charge in [-0.3, -0.25) is 0 Å². The van der Waals surface area contributed by atoms with Gasteiger partial charge in [0, 0.05) is 5.56 Å². The molecule has 4 heteroatoms. The van der Waals surface area contributed by atoms with E-state index in [0.29, 0.717) is 22.3 Å². The van der Waals surface area contributed by atoms with Crippen molar-refractivity contribution in [3.8, 4) is 5.75 Å². The van der Waals surface area contributed by atoms with Gasteiger partial charge in [-0.05, 0) is 34.9 Å². The lowest BCUT2D eigenvalue weighted by molar-refractivity contribution is -0.130. The van der Waals surface area contributed by atoms with Crippen LogP contribution in [0.1, 0.15) is 28.4 Å². The topological polar surface area (TPSA) is 77.8 Å². The van der Waals surface area contributed by atoms with E-state index >= 15 is 0 Å². The number of aliphatic hydroxyl groups excluding tert-OH is 1. The Morgan fingerprint density at radius 3 is 2.45 bits per heavy atom. The molecule has 20 heavy (non-hydrogen) atoms. The number of phenols is 1. The molecule has 0 spiro atoms. The van der Waals surface area contributed by atoms with E-state index in [0.717, 1.165) is 0 Å². The van der Waals surface area contributed by atoms with Crippen molar-refractivity contribution in [2.45, 2.75) is 6.10 Å². The van der Waals surface area contributed by atoms with Gasteiger partial charge in [-0.1, -0.05) is 30.3 Å². The van der Waals surface area contributed by atoms with E-state index in [1.165, 1.54) is 12.1 Å². The quantitative estimate of drug-likeness (QED) is 0.798. The molecule has 3 rings (SSSR count). The number of hydrogen-bond donors (Lipinski definition) is 3. The molecule has 0 saturated carbocycles. The fourth-order valence-electron chi connectivity index (χ4n) is 2.34. The number of carbonyl (C=O) groups is 1. The third-order valence-electron chi connectivity index (χ3n) is 3.43. The van der Waals surface area contributed by atoms with Crippen LogP contribution in [0.2, 0.25) is 0 Å². The van der Waals surface area contributed by atoms with Gasteiger partial charge >= 0.3 is 5.97 Å². The van der Waals surface area contributed by atoms with Gasteiger partial charge in [-0.25, -0.2) is 4.79 Å². The second-order valence-corrected chi connectivity index (χ2v) is 4.67. The van der Waals surface area contributed by atoms with Crippen molar-refractivity contribution in [1.82, 2.24) is 0 Å². The van der Waals surface area contributed by atoms with E-state index in [9.17, 15) is 15.0 Å². The number of carboxylic acids is 1. The fraction of sp³-hybridized carbons (Fsp3) is 0.0625.